The second kappa shape index (κ2) is 4.75. The second-order valence-electron chi connectivity index (χ2n) is 4.92. The van der Waals surface area contributed by atoms with E-state index in [2.05, 4.69) is 18.2 Å². The second-order valence-corrected chi connectivity index (χ2v) is 4.92. The van der Waals surface area contributed by atoms with E-state index in [0.29, 0.717) is 5.56 Å². The molecule has 1 heterocycles. The molecule has 0 saturated carbocycles. The van der Waals surface area contributed by atoms with E-state index in [0.717, 1.165) is 28.0 Å². The summed E-state index contributed by atoms with van der Waals surface area (Å²) >= 11 is 0. The molecule has 0 aliphatic heterocycles. The fourth-order valence-corrected chi connectivity index (χ4v) is 2.15. The van der Waals surface area contributed by atoms with E-state index in [1.165, 1.54) is 0 Å². The first-order valence-electron chi connectivity index (χ1n) is 6.39. The highest BCUT2D eigenvalue weighted by Crippen LogP contribution is 2.30. The molecule has 0 aliphatic carbocycles. The van der Waals surface area contributed by atoms with E-state index < -0.39 is 0 Å². The lowest BCUT2D eigenvalue weighted by Gasteiger charge is -2.11. The maximum atomic E-state index is 8.82. The first-order chi connectivity index (χ1) is 9.67. The molecular weight excluding hydrogens is 248 g/mol. The predicted molar refractivity (Wildman–Crippen MR) is 80.7 cm³/mol. The van der Waals surface area contributed by atoms with Gasteiger partial charge in [0, 0.05) is 36.8 Å². The fourth-order valence-electron chi connectivity index (χ4n) is 2.15. The Morgan fingerprint density at radius 3 is 2.40 bits per heavy atom. The Hall–Kier alpha value is -2.73. The Kier molecular flexibility index (Phi) is 2.92. The van der Waals surface area contributed by atoms with Crippen LogP contribution in [-0.2, 0) is 0 Å². The monoisotopic (exact) mass is 262 g/mol. The Bertz CT molecular complexity index is 792. The molecule has 0 fully saturated rings. The zero-order chi connectivity index (χ0) is 14.1. The van der Waals surface area contributed by atoms with Crippen LogP contribution in [-0.4, -0.2) is 14.1 Å². The number of rotatable bonds is 2. The number of nitrogens with zero attached hydrogens (tertiary/aromatic N) is 2. The van der Waals surface area contributed by atoms with E-state index >= 15 is 0 Å². The topological polar surface area (TPSA) is 40.2 Å². The third kappa shape index (κ3) is 2.12. The highest BCUT2D eigenvalue weighted by atomic mass is 16.3. The summed E-state index contributed by atoms with van der Waals surface area (Å²) in [6.45, 7) is 0. The number of furan rings is 1. The molecular formula is C17H14N2O. The summed E-state index contributed by atoms with van der Waals surface area (Å²) in [5.74, 6) is 0.820. The summed E-state index contributed by atoms with van der Waals surface area (Å²) in [5.41, 5.74) is 3.61. The molecule has 0 bridgehead atoms. The molecule has 3 heteroatoms. The minimum absolute atomic E-state index is 0.653. The predicted octanol–water partition coefficient (Wildman–Crippen LogP) is 4.04. The van der Waals surface area contributed by atoms with Crippen molar-refractivity contribution in [1.29, 1.82) is 5.26 Å². The number of benzene rings is 2. The molecule has 0 radical (unpaired) electrons. The summed E-state index contributed by atoms with van der Waals surface area (Å²) in [6.07, 6.45) is 0. The standard InChI is InChI=1S/C17H14N2O/c1-19(2)15-8-7-14-9-16(20-17(14)10-15)13-5-3-12(11-18)4-6-13/h3-10H,1-2H3. The third-order valence-corrected chi connectivity index (χ3v) is 3.32. The lowest BCUT2D eigenvalue weighted by molar-refractivity contribution is 0.631. The van der Waals surface area contributed by atoms with Gasteiger partial charge in [0.1, 0.15) is 11.3 Å². The van der Waals surface area contributed by atoms with Crippen LogP contribution in [0.15, 0.2) is 52.9 Å². The summed E-state index contributed by atoms with van der Waals surface area (Å²) in [6, 6.07) is 17.7. The number of nitriles is 1. The SMILES string of the molecule is CN(C)c1ccc2cc(-c3ccc(C#N)cc3)oc2c1. The number of anilines is 1. The van der Waals surface area contributed by atoms with Crippen molar-refractivity contribution in [3.05, 3.63) is 54.1 Å². The number of hydrogen-bond acceptors (Lipinski definition) is 3. The van der Waals surface area contributed by atoms with Crippen LogP contribution in [0.1, 0.15) is 5.56 Å². The summed E-state index contributed by atoms with van der Waals surface area (Å²) < 4.78 is 5.91. The smallest absolute Gasteiger partial charge is 0.136 e. The van der Waals surface area contributed by atoms with Gasteiger partial charge in [-0.15, -0.1) is 0 Å². The van der Waals surface area contributed by atoms with Gasteiger partial charge >= 0.3 is 0 Å². The van der Waals surface area contributed by atoms with E-state index in [4.69, 9.17) is 9.68 Å². The highest BCUT2D eigenvalue weighted by Gasteiger charge is 2.07. The first kappa shape index (κ1) is 12.3. The lowest BCUT2D eigenvalue weighted by Crippen LogP contribution is -2.07. The number of hydrogen-bond donors (Lipinski definition) is 0. The van der Waals surface area contributed by atoms with Crippen LogP contribution in [0.5, 0.6) is 0 Å². The minimum atomic E-state index is 0.653. The van der Waals surface area contributed by atoms with Crippen LogP contribution < -0.4 is 4.90 Å². The Balaban J connectivity index is 2.05. The zero-order valence-corrected chi connectivity index (χ0v) is 11.4. The van der Waals surface area contributed by atoms with Crippen molar-refractivity contribution in [3.8, 4) is 17.4 Å². The van der Waals surface area contributed by atoms with Crippen molar-refractivity contribution in [3.63, 3.8) is 0 Å². The normalized spacial score (nSPS) is 10.4. The summed E-state index contributed by atoms with van der Waals surface area (Å²) in [5, 5.41) is 9.90. The molecule has 3 aromatic rings. The van der Waals surface area contributed by atoms with Gasteiger partial charge in [0.15, 0.2) is 0 Å². The van der Waals surface area contributed by atoms with Gasteiger partial charge in [-0.1, -0.05) is 0 Å². The molecule has 0 atom stereocenters. The van der Waals surface area contributed by atoms with Gasteiger partial charge in [-0.2, -0.15) is 5.26 Å². The van der Waals surface area contributed by atoms with Crippen molar-refractivity contribution in [2.45, 2.75) is 0 Å². The third-order valence-electron chi connectivity index (χ3n) is 3.32. The van der Waals surface area contributed by atoms with Crippen molar-refractivity contribution in [1.82, 2.24) is 0 Å². The van der Waals surface area contributed by atoms with Crippen LogP contribution in [0.2, 0.25) is 0 Å². The van der Waals surface area contributed by atoms with Crippen molar-refractivity contribution >= 4 is 16.7 Å². The Morgan fingerprint density at radius 2 is 1.75 bits per heavy atom. The van der Waals surface area contributed by atoms with Gasteiger partial charge in [0.25, 0.3) is 0 Å². The van der Waals surface area contributed by atoms with Crippen LogP contribution in [0.25, 0.3) is 22.3 Å². The minimum Gasteiger partial charge on any atom is -0.456 e. The molecule has 0 aliphatic rings. The van der Waals surface area contributed by atoms with Crippen LogP contribution in [0.4, 0.5) is 5.69 Å². The van der Waals surface area contributed by atoms with E-state index in [9.17, 15) is 0 Å². The van der Waals surface area contributed by atoms with Gasteiger partial charge in [-0.05, 0) is 42.5 Å². The molecule has 0 saturated heterocycles. The van der Waals surface area contributed by atoms with Crippen molar-refractivity contribution in [2.75, 3.05) is 19.0 Å². The maximum Gasteiger partial charge on any atom is 0.136 e. The molecule has 1 aromatic heterocycles. The molecule has 3 rings (SSSR count). The first-order valence-corrected chi connectivity index (χ1v) is 6.39. The molecule has 0 N–H and O–H groups in total. The Labute approximate surface area is 117 Å². The molecule has 0 unspecified atom stereocenters. The quantitative estimate of drug-likeness (QED) is 0.699. The van der Waals surface area contributed by atoms with Crippen molar-refractivity contribution in [2.24, 2.45) is 0 Å². The molecule has 0 amide bonds. The lowest BCUT2D eigenvalue weighted by atomic mass is 10.1. The molecule has 98 valence electrons. The number of fused-ring (bicyclic) bond motifs is 1. The van der Waals surface area contributed by atoms with Gasteiger partial charge < -0.3 is 9.32 Å². The van der Waals surface area contributed by atoms with Crippen LogP contribution in [0, 0.1) is 11.3 Å². The van der Waals surface area contributed by atoms with E-state index in [1.54, 1.807) is 12.1 Å². The van der Waals surface area contributed by atoms with Crippen LogP contribution >= 0.6 is 0 Å². The molecule has 2 aromatic carbocycles. The highest BCUT2D eigenvalue weighted by molar-refractivity contribution is 5.85. The van der Waals surface area contributed by atoms with Gasteiger partial charge in [0.05, 0.1) is 11.6 Å². The average molecular weight is 262 g/mol. The van der Waals surface area contributed by atoms with Crippen LogP contribution in [0.3, 0.4) is 0 Å². The van der Waals surface area contributed by atoms with Gasteiger partial charge in [-0.3, -0.25) is 0 Å². The molecule has 3 nitrogen and oxygen atoms in total. The van der Waals surface area contributed by atoms with Gasteiger partial charge in [0.2, 0.25) is 0 Å². The van der Waals surface area contributed by atoms with E-state index in [-0.39, 0.29) is 0 Å². The molecule has 20 heavy (non-hydrogen) atoms. The van der Waals surface area contributed by atoms with E-state index in [1.807, 2.05) is 43.3 Å². The fraction of sp³-hybridized carbons (Fsp3) is 0.118. The average Bonchev–Trinajstić information content (AvgIpc) is 2.90. The molecule has 0 spiro atoms. The van der Waals surface area contributed by atoms with Crippen molar-refractivity contribution < 1.29 is 4.42 Å². The summed E-state index contributed by atoms with van der Waals surface area (Å²) in [4.78, 5) is 2.04. The summed E-state index contributed by atoms with van der Waals surface area (Å²) in [7, 11) is 4.01. The van der Waals surface area contributed by atoms with Gasteiger partial charge in [-0.25, -0.2) is 0 Å². The zero-order valence-electron chi connectivity index (χ0n) is 11.4. The Morgan fingerprint density at radius 1 is 1.00 bits per heavy atom. The maximum absolute atomic E-state index is 8.82. The largest absolute Gasteiger partial charge is 0.456 e.